The van der Waals surface area contributed by atoms with Gasteiger partial charge in [0.1, 0.15) is 6.04 Å². The zero-order valence-electron chi connectivity index (χ0n) is 8.90. The van der Waals surface area contributed by atoms with Gasteiger partial charge in [-0.25, -0.2) is 4.79 Å². The number of nitrogens with one attached hydrogen (secondary N) is 1. The maximum atomic E-state index is 11.9. The van der Waals surface area contributed by atoms with Crippen LogP contribution in [-0.2, 0) is 9.53 Å². The smallest absolute Gasteiger partial charge is 0.328 e. The van der Waals surface area contributed by atoms with Crippen molar-refractivity contribution in [2.45, 2.75) is 12.5 Å². The molecule has 1 aromatic carbocycles. The Hall–Kier alpha value is -1.75. The summed E-state index contributed by atoms with van der Waals surface area (Å²) in [5, 5.41) is 2.85. The lowest BCUT2D eigenvalue weighted by atomic mass is 10.1. The van der Waals surface area contributed by atoms with Crippen LogP contribution in [0.15, 0.2) is 18.2 Å². The van der Waals surface area contributed by atoms with Crippen LogP contribution in [0.1, 0.15) is 16.8 Å². The minimum Gasteiger partial charge on any atom is -0.464 e. The third-order valence-corrected chi connectivity index (χ3v) is 2.81. The van der Waals surface area contributed by atoms with Gasteiger partial charge in [-0.1, -0.05) is 11.6 Å². The van der Waals surface area contributed by atoms with Gasteiger partial charge in [0.25, 0.3) is 5.91 Å². The van der Waals surface area contributed by atoms with Crippen LogP contribution >= 0.6 is 11.6 Å². The number of ether oxygens (including phenoxy) is 1. The number of nitrogens with two attached hydrogens (primary N) is 1. The van der Waals surface area contributed by atoms with Gasteiger partial charge in [0.2, 0.25) is 0 Å². The third kappa shape index (κ3) is 2.50. The molecular weight excluding hydrogens is 244 g/mol. The molecule has 0 bridgehead atoms. The van der Waals surface area contributed by atoms with E-state index in [1.807, 2.05) is 0 Å². The van der Waals surface area contributed by atoms with E-state index in [0.717, 1.165) is 0 Å². The zero-order valence-corrected chi connectivity index (χ0v) is 9.66. The molecular formula is C11H11ClN2O3. The quantitative estimate of drug-likeness (QED) is 0.609. The Kier molecular flexibility index (Phi) is 3.19. The van der Waals surface area contributed by atoms with Crippen LogP contribution in [0.5, 0.6) is 0 Å². The summed E-state index contributed by atoms with van der Waals surface area (Å²) in [6.07, 6.45) is 0.477. The first-order valence-corrected chi connectivity index (χ1v) is 5.48. The molecule has 1 heterocycles. The molecule has 2 rings (SSSR count). The van der Waals surface area contributed by atoms with Crippen LogP contribution in [0.2, 0.25) is 5.02 Å². The Morgan fingerprint density at radius 3 is 2.94 bits per heavy atom. The van der Waals surface area contributed by atoms with Gasteiger partial charge < -0.3 is 15.8 Å². The Balaban J connectivity index is 2.14. The van der Waals surface area contributed by atoms with E-state index < -0.39 is 17.9 Å². The maximum Gasteiger partial charge on any atom is 0.328 e. The van der Waals surface area contributed by atoms with Crippen LogP contribution in [0.3, 0.4) is 0 Å². The molecule has 0 aromatic heterocycles. The lowest BCUT2D eigenvalue weighted by Crippen LogP contribution is -2.38. The number of nitrogen functional groups attached to an aromatic ring is 1. The fourth-order valence-corrected chi connectivity index (χ4v) is 1.78. The minimum absolute atomic E-state index is 0.256. The predicted octanol–water partition coefficient (Wildman–Crippen LogP) is 0.968. The van der Waals surface area contributed by atoms with Crippen LogP contribution < -0.4 is 11.1 Å². The van der Waals surface area contributed by atoms with E-state index in [1.54, 1.807) is 12.1 Å². The molecule has 1 fully saturated rings. The van der Waals surface area contributed by atoms with Gasteiger partial charge in [-0.05, 0) is 18.2 Å². The lowest BCUT2D eigenvalue weighted by Gasteiger charge is -2.10. The van der Waals surface area contributed by atoms with E-state index in [4.69, 9.17) is 22.1 Å². The second-order valence-corrected chi connectivity index (χ2v) is 4.13. The van der Waals surface area contributed by atoms with Crippen molar-refractivity contribution >= 4 is 29.2 Å². The molecule has 1 unspecified atom stereocenters. The highest BCUT2D eigenvalue weighted by Crippen LogP contribution is 2.19. The highest BCUT2D eigenvalue weighted by molar-refractivity contribution is 6.34. The van der Waals surface area contributed by atoms with Gasteiger partial charge in [0.15, 0.2) is 0 Å². The van der Waals surface area contributed by atoms with Crippen LogP contribution in [0.25, 0.3) is 0 Å². The molecule has 0 saturated carbocycles. The number of esters is 1. The Labute approximate surface area is 103 Å². The first kappa shape index (κ1) is 11.7. The lowest BCUT2D eigenvalue weighted by molar-refractivity contribution is -0.139. The summed E-state index contributed by atoms with van der Waals surface area (Å²) in [5.41, 5.74) is 6.26. The number of amides is 1. The highest BCUT2D eigenvalue weighted by atomic mass is 35.5. The Morgan fingerprint density at radius 2 is 2.29 bits per heavy atom. The van der Waals surface area contributed by atoms with Gasteiger partial charge in [0, 0.05) is 12.1 Å². The highest BCUT2D eigenvalue weighted by Gasteiger charge is 2.28. The molecule has 3 N–H and O–H groups in total. The Bertz CT molecular complexity index is 476. The van der Waals surface area contributed by atoms with Crippen molar-refractivity contribution in [3.63, 3.8) is 0 Å². The molecule has 1 aromatic rings. The zero-order chi connectivity index (χ0) is 12.4. The fourth-order valence-electron chi connectivity index (χ4n) is 1.58. The van der Waals surface area contributed by atoms with E-state index in [-0.39, 0.29) is 5.56 Å². The molecule has 17 heavy (non-hydrogen) atoms. The standard InChI is InChI=1S/C11H11ClN2O3/c12-8-2-1-6(13)5-7(8)10(15)14-9-3-4-17-11(9)16/h1-2,5,9H,3-4,13H2,(H,14,15). The average molecular weight is 255 g/mol. The molecule has 1 saturated heterocycles. The summed E-state index contributed by atoms with van der Waals surface area (Å²) < 4.78 is 4.74. The van der Waals surface area contributed by atoms with Crippen LogP contribution in [0, 0.1) is 0 Å². The van der Waals surface area contributed by atoms with Crippen LogP contribution in [-0.4, -0.2) is 24.5 Å². The van der Waals surface area contributed by atoms with E-state index >= 15 is 0 Å². The van der Waals surface area contributed by atoms with Crippen molar-refractivity contribution in [1.29, 1.82) is 0 Å². The van der Waals surface area contributed by atoms with E-state index in [1.165, 1.54) is 6.07 Å². The Morgan fingerprint density at radius 1 is 1.53 bits per heavy atom. The number of hydrogen-bond acceptors (Lipinski definition) is 4. The summed E-state index contributed by atoms with van der Waals surface area (Å²) >= 11 is 5.88. The van der Waals surface area contributed by atoms with Crippen molar-refractivity contribution in [2.75, 3.05) is 12.3 Å². The largest absolute Gasteiger partial charge is 0.464 e. The molecule has 5 nitrogen and oxygen atoms in total. The summed E-state index contributed by atoms with van der Waals surface area (Å²) in [4.78, 5) is 23.1. The molecule has 0 radical (unpaired) electrons. The topological polar surface area (TPSA) is 81.4 Å². The minimum atomic E-state index is -0.597. The van der Waals surface area contributed by atoms with Crippen LogP contribution in [0.4, 0.5) is 5.69 Å². The molecule has 0 spiro atoms. The summed E-state index contributed by atoms with van der Waals surface area (Å²) in [6.45, 7) is 0.328. The SMILES string of the molecule is Nc1ccc(Cl)c(C(=O)NC2CCOC2=O)c1. The first-order valence-electron chi connectivity index (χ1n) is 5.10. The molecule has 1 atom stereocenters. The molecule has 1 amide bonds. The number of hydrogen-bond donors (Lipinski definition) is 2. The summed E-state index contributed by atoms with van der Waals surface area (Å²) in [7, 11) is 0. The van der Waals surface area contributed by atoms with Gasteiger partial charge >= 0.3 is 5.97 Å². The van der Waals surface area contributed by atoms with E-state index in [2.05, 4.69) is 5.32 Å². The number of anilines is 1. The predicted molar refractivity (Wildman–Crippen MR) is 62.7 cm³/mol. The fraction of sp³-hybridized carbons (Fsp3) is 0.273. The van der Waals surface area contributed by atoms with Gasteiger partial charge in [0.05, 0.1) is 17.2 Å². The number of carbonyl (C=O) groups excluding carboxylic acids is 2. The normalized spacial score (nSPS) is 18.9. The summed E-state index contributed by atoms with van der Waals surface area (Å²) in [6, 6.07) is 4.01. The molecule has 90 valence electrons. The van der Waals surface area contributed by atoms with Gasteiger partial charge in [-0.15, -0.1) is 0 Å². The molecule has 1 aliphatic rings. The first-order chi connectivity index (χ1) is 8.08. The van der Waals surface area contributed by atoms with Crippen molar-refractivity contribution < 1.29 is 14.3 Å². The van der Waals surface area contributed by atoms with Crippen molar-refractivity contribution in [3.8, 4) is 0 Å². The number of halogens is 1. The third-order valence-electron chi connectivity index (χ3n) is 2.48. The molecule has 6 heteroatoms. The van der Waals surface area contributed by atoms with E-state index in [0.29, 0.717) is 23.7 Å². The number of benzene rings is 1. The number of rotatable bonds is 2. The number of cyclic esters (lactones) is 1. The molecule has 1 aliphatic heterocycles. The number of carbonyl (C=O) groups is 2. The molecule has 0 aliphatic carbocycles. The second-order valence-electron chi connectivity index (χ2n) is 3.72. The van der Waals surface area contributed by atoms with Crippen molar-refractivity contribution in [1.82, 2.24) is 5.32 Å². The second kappa shape index (κ2) is 4.63. The summed E-state index contributed by atoms with van der Waals surface area (Å²) in [5.74, 6) is -0.843. The van der Waals surface area contributed by atoms with Crippen molar-refractivity contribution in [3.05, 3.63) is 28.8 Å². The van der Waals surface area contributed by atoms with Gasteiger partial charge in [-0.2, -0.15) is 0 Å². The monoisotopic (exact) mass is 254 g/mol. The van der Waals surface area contributed by atoms with Gasteiger partial charge in [-0.3, -0.25) is 4.79 Å². The average Bonchev–Trinajstić information content (AvgIpc) is 2.68. The van der Waals surface area contributed by atoms with E-state index in [9.17, 15) is 9.59 Å². The van der Waals surface area contributed by atoms with Crippen molar-refractivity contribution in [2.24, 2.45) is 0 Å². The maximum absolute atomic E-state index is 11.9.